The minimum Gasteiger partial charge on any atom is -0.494 e. The third-order valence-electron chi connectivity index (χ3n) is 10.4. The molecule has 8 rings (SSSR count). The van der Waals surface area contributed by atoms with Gasteiger partial charge in [-0.3, -0.25) is 9.10 Å². The first-order chi connectivity index (χ1) is 22.7. The molecule has 47 heavy (non-hydrogen) atoms. The number of imidazole rings is 1. The molecule has 4 aromatic rings. The first-order valence-electron chi connectivity index (χ1n) is 17.2. The molecule has 250 valence electrons. The number of hydrogen-bond acceptors (Lipinski definition) is 7. The van der Waals surface area contributed by atoms with Crippen molar-refractivity contribution < 1.29 is 17.9 Å². The smallest absolute Gasteiger partial charge is 0.254 e. The minimum atomic E-state index is -3.47. The number of carbonyl (C=O) groups excluding carboxylic acids is 1. The summed E-state index contributed by atoms with van der Waals surface area (Å²) in [7, 11) is 0.146. The number of ether oxygens (including phenoxy) is 1. The molecule has 11 nitrogen and oxygen atoms in total. The number of anilines is 1. The highest BCUT2D eigenvalue weighted by Crippen LogP contribution is 2.39. The van der Waals surface area contributed by atoms with Gasteiger partial charge in [0.15, 0.2) is 5.82 Å². The lowest BCUT2D eigenvalue weighted by molar-refractivity contribution is 0.0694. The van der Waals surface area contributed by atoms with Crippen molar-refractivity contribution in [2.75, 3.05) is 43.8 Å². The molecule has 4 heterocycles. The zero-order chi connectivity index (χ0) is 32.4. The highest BCUT2D eigenvalue weighted by Gasteiger charge is 2.32. The maximum Gasteiger partial charge on any atom is 0.254 e. The fourth-order valence-electron chi connectivity index (χ4n) is 7.10. The van der Waals surface area contributed by atoms with Gasteiger partial charge in [-0.1, -0.05) is 0 Å². The van der Waals surface area contributed by atoms with Gasteiger partial charge >= 0.3 is 0 Å². The van der Waals surface area contributed by atoms with E-state index in [1.165, 1.54) is 23.4 Å². The van der Waals surface area contributed by atoms with Gasteiger partial charge in [0.05, 0.1) is 24.6 Å². The van der Waals surface area contributed by atoms with Crippen molar-refractivity contribution in [3.8, 4) is 17.3 Å². The van der Waals surface area contributed by atoms with E-state index in [9.17, 15) is 13.2 Å². The summed E-state index contributed by atoms with van der Waals surface area (Å²) < 4.78 is 37.2. The quantitative estimate of drug-likeness (QED) is 0.233. The largest absolute Gasteiger partial charge is 0.494 e. The number of carbonyl (C=O) groups is 1. The van der Waals surface area contributed by atoms with Crippen LogP contribution >= 0.6 is 0 Å². The molecular formula is C35H45N7O4S. The first-order valence-corrected chi connectivity index (χ1v) is 19.1. The Hall–Kier alpha value is -3.64. The predicted molar refractivity (Wildman–Crippen MR) is 183 cm³/mol. The van der Waals surface area contributed by atoms with Crippen molar-refractivity contribution in [3.63, 3.8) is 0 Å². The summed E-state index contributed by atoms with van der Waals surface area (Å²) in [5, 5.41) is 4.63. The highest BCUT2D eigenvalue weighted by atomic mass is 32.2. The number of nitrogens with zero attached hydrogens (tertiary/aromatic N) is 6. The van der Waals surface area contributed by atoms with Crippen LogP contribution in [0, 0.1) is 17.8 Å². The third-order valence-corrected chi connectivity index (χ3v) is 11.5. The molecule has 1 aliphatic heterocycles. The number of pyridine rings is 1. The molecule has 3 saturated carbocycles. The second-order valence-corrected chi connectivity index (χ2v) is 16.3. The molecule has 3 aliphatic carbocycles. The number of rotatable bonds is 12. The van der Waals surface area contributed by atoms with Gasteiger partial charge in [-0.15, -0.1) is 0 Å². The van der Waals surface area contributed by atoms with Crippen LogP contribution < -0.4 is 14.4 Å². The van der Waals surface area contributed by atoms with Crippen LogP contribution in [0.4, 0.5) is 5.82 Å². The molecule has 4 fully saturated rings. The summed E-state index contributed by atoms with van der Waals surface area (Å²) in [5.74, 6) is 3.59. The van der Waals surface area contributed by atoms with Crippen LogP contribution in [-0.4, -0.2) is 83.9 Å². The predicted octanol–water partition coefficient (Wildman–Crippen LogP) is 4.79. The number of methoxy groups -OCH3 is 1. The van der Waals surface area contributed by atoms with Crippen molar-refractivity contribution in [1.29, 1.82) is 0 Å². The first kappa shape index (κ1) is 30.7. The Kier molecular flexibility index (Phi) is 7.70. The Morgan fingerprint density at radius 2 is 1.79 bits per heavy atom. The SMILES string of the molecule is COc1cc(C(=O)N2CCC[C@@H](NCC3CC3)C2)cc2nc(-c3cc4ccc(N(CC5CC5)S(C)(=O)=O)nc4n3CC3CC3)n(C)c12. The van der Waals surface area contributed by atoms with Crippen molar-refractivity contribution in [3.05, 3.63) is 35.9 Å². The van der Waals surface area contributed by atoms with E-state index in [1.54, 1.807) is 7.11 Å². The maximum absolute atomic E-state index is 13.8. The Bertz CT molecular complexity index is 1960. The molecule has 0 bridgehead atoms. The van der Waals surface area contributed by atoms with Crippen LogP contribution in [0.3, 0.4) is 0 Å². The summed E-state index contributed by atoms with van der Waals surface area (Å²) in [6.07, 6.45) is 10.4. The molecule has 0 unspecified atom stereocenters. The van der Waals surface area contributed by atoms with Crippen LogP contribution in [0.1, 0.15) is 61.7 Å². The van der Waals surface area contributed by atoms with Crippen molar-refractivity contribution in [2.24, 2.45) is 24.8 Å². The van der Waals surface area contributed by atoms with E-state index in [0.29, 0.717) is 53.6 Å². The molecule has 12 heteroatoms. The average Bonchev–Trinajstić information content (AvgIpc) is 3.95. The second kappa shape index (κ2) is 11.8. The standard InChI is InChI=1S/C35H45N7O4S/c1-39-32-28(15-26(17-30(32)46-2)35(43)40-14-4-5-27(21-40)36-18-22-6-7-22)37-34(39)29-16-25-12-13-31(38-33(25)41(29)19-23-8-9-23)42(47(3,44)45)20-24-10-11-24/h12-13,15-17,22-24,27,36H,4-11,14,18-21H2,1-3H3/t27-/m1/s1. The Morgan fingerprint density at radius 1 is 1.02 bits per heavy atom. The average molecular weight is 660 g/mol. The Labute approximate surface area is 276 Å². The molecule has 3 aromatic heterocycles. The molecule has 0 spiro atoms. The van der Waals surface area contributed by atoms with Gasteiger partial charge in [0.2, 0.25) is 10.0 Å². The normalized spacial score (nSPS) is 20.3. The molecule has 4 aliphatic rings. The van der Waals surface area contributed by atoms with Crippen LogP contribution in [0.5, 0.6) is 5.75 Å². The van der Waals surface area contributed by atoms with Gasteiger partial charge in [0.1, 0.15) is 22.7 Å². The van der Waals surface area contributed by atoms with E-state index in [1.807, 2.05) is 40.8 Å². The zero-order valence-corrected chi connectivity index (χ0v) is 28.4. The summed E-state index contributed by atoms with van der Waals surface area (Å²) in [6.45, 7) is 3.77. The number of nitrogens with one attached hydrogen (secondary N) is 1. The fraction of sp³-hybridized carbons (Fsp3) is 0.571. The molecule has 1 saturated heterocycles. The molecular weight excluding hydrogens is 614 g/mol. The number of amides is 1. The number of aryl methyl sites for hydroxylation is 1. The number of benzene rings is 1. The van der Waals surface area contributed by atoms with E-state index >= 15 is 0 Å². The van der Waals surface area contributed by atoms with Gasteiger partial charge < -0.3 is 24.1 Å². The van der Waals surface area contributed by atoms with Crippen molar-refractivity contribution >= 4 is 43.8 Å². The number of hydrogen-bond donors (Lipinski definition) is 1. The molecule has 0 radical (unpaired) electrons. The monoisotopic (exact) mass is 659 g/mol. The van der Waals surface area contributed by atoms with E-state index in [-0.39, 0.29) is 5.91 Å². The summed E-state index contributed by atoms with van der Waals surface area (Å²) >= 11 is 0. The number of aromatic nitrogens is 4. The summed E-state index contributed by atoms with van der Waals surface area (Å²) in [4.78, 5) is 25.9. The van der Waals surface area contributed by atoms with Gasteiger partial charge in [-0.25, -0.2) is 18.4 Å². The summed E-state index contributed by atoms with van der Waals surface area (Å²) in [5.41, 5.74) is 3.79. The molecule has 1 amide bonds. The van der Waals surface area contributed by atoms with E-state index < -0.39 is 10.0 Å². The number of fused-ring (bicyclic) bond motifs is 2. The Morgan fingerprint density at radius 3 is 2.49 bits per heavy atom. The summed E-state index contributed by atoms with van der Waals surface area (Å²) in [6, 6.07) is 9.98. The minimum absolute atomic E-state index is 0.0107. The highest BCUT2D eigenvalue weighted by molar-refractivity contribution is 7.92. The maximum atomic E-state index is 13.8. The van der Waals surface area contributed by atoms with Crippen LogP contribution in [-0.2, 0) is 23.6 Å². The number of sulfonamides is 1. The molecule has 1 aromatic carbocycles. The molecule has 1 N–H and O–H groups in total. The zero-order valence-electron chi connectivity index (χ0n) is 27.6. The van der Waals surface area contributed by atoms with Crippen molar-refractivity contribution in [1.82, 2.24) is 29.3 Å². The van der Waals surface area contributed by atoms with Gasteiger partial charge in [0, 0.05) is 50.2 Å². The van der Waals surface area contributed by atoms with E-state index in [2.05, 4.69) is 16.0 Å². The van der Waals surface area contributed by atoms with Gasteiger partial charge in [-0.05, 0) is 106 Å². The van der Waals surface area contributed by atoms with Gasteiger partial charge in [0.25, 0.3) is 5.91 Å². The Balaban J connectivity index is 1.16. The molecule has 1 atom stereocenters. The third kappa shape index (κ3) is 6.22. The topological polar surface area (TPSA) is 115 Å². The number of likely N-dealkylation sites (tertiary alicyclic amines) is 1. The van der Waals surface area contributed by atoms with Gasteiger partial charge in [-0.2, -0.15) is 0 Å². The van der Waals surface area contributed by atoms with E-state index in [0.717, 1.165) is 92.1 Å². The fourth-order valence-corrected chi connectivity index (χ4v) is 8.03. The van der Waals surface area contributed by atoms with Crippen molar-refractivity contribution in [2.45, 2.75) is 64.0 Å². The van der Waals surface area contributed by atoms with E-state index in [4.69, 9.17) is 14.7 Å². The number of piperidine rings is 1. The van der Waals surface area contributed by atoms with Crippen LogP contribution in [0.15, 0.2) is 30.3 Å². The lowest BCUT2D eigenvalue weighted by atomic mass is 10.0. The van der Waals surface area contributed by atoms with Crippen LogP contribution in [0.2, 0.25) is 0 Å². The lowest BCUT2D eigenvalue weighted by Crippen LogP contribution is -2.48. The van der Waals surface area contributed by atoms with Crippen LogP contribution in [0.25, 0.3) is 33.6 Å². The lowest BCUT2D eigenvalue weighted by Gasteiger charge is -2.33. The second-order valence-electron chi connectivity index (χ2n) is 14.4.